The van der Waals surface area contributed by atoms with Gasteiger partial charge in [0.1, 0.15) is 9.88 Å². The van der Waals surface area contributed by atoms with Crippen molar-refractivity contribution < 1.29 is 4.79 Å². The standard InChI is InChI=1S/C18H16N2OS2/c21-17(16-11-20-18(23-16)15-7-4-8-22-15)19-10-13-9-14(13)12-5-2-1-3-6-12/h1-8,11,13-14H,9-10H2,(H,19,21). The number of nitrogens with one attached hydrogen (secondary N) is 1. The van der Waals surface area contributed by atoms with Gasteiger partial charge in [-0.3, -0.25) is 4.79 Å². The maximum Gasteiger partial charge on any atom is 0.263 e. The lowest BCUT2D eigenvalue weighted by Crippen LogP contribution is -2.25. The average Bonchev–Trinajstić information content (AvgIpc) is 2.99. The summed E-state index contributed by atoms with van der Waals surface area (Å²) in [5.74, 6) is 1.15. The van der Waals surface area contributed by atoms with Gasteiger partial charge in [-0.05, 0) is 35.3 Å². The Bertz CT molecular complexity index is 796. The Morgan fingerprint density at radius 1 is 1.22 bits per heavy atom. The van der Waals surface area contributed by atoms with Crippen molar-refractivity contribution in [2.45, 2.75) is 12.3 Å². The van der Waals surface area contributed by atoms with Crippen LogP contribution in [0.2, 0.25) is 0 Å². The Kier molecular flexibility index (Phi) is 3.97. The summed E-state index contributed by atoms with van der Waals surface area (Å²) in [5, 5.41) is 5.99. The number of hydrogen-bond acceptors (Lipinski definition) is 4. The molecule has 1 aliphatic rings. The lowest BCUT2D eigenvalue weighted by molar-refractivity contribution is 0.0955. The number of nitrogens with zero attached hydrogens (tertiary/aromatic N) is 1. The molecule has 2 aromatic heterocycles. The van der Waals surface area contributed by atoms with E-state index in [4.69, 9.17) is 0 Å². The van der Waals surface area contributed by atoms with Gasteiger partial charge in [0.15, 0.2) is 0 Å². The summed E-state index contributed by atoms with van der Waals surface area (Å²) in [6.07, 6.45) is 2.84. The van der Waals surface area contributed by atoms with Gasteiger partial charge < -0.3 is 5.32 Å². The molecule has 3 nitrogen and oxygen atoms in total. The van der Waals surface area contributed by atoms with Crippen LogP contribution < -0.4 is 5.32 Å². The van der Waals surface area contributed by atoms with Crippen molar-refractivity contribution in [3.05, 3.63) is 64.5 Å². The van der Waals surface area contributed by atoms with Gasteiger partial charge in [0, 0.05) is 6.54 Å². The topological polar surface area (TPSA) is 42.0 Å². The fraction of sp³-hybridized carbons (Fsp3) is 0.222. The molecular weight excluding hydrogens is 324 g/mol. The van der Waals surface area contributed by atoms with Crippen LogP contribution in [0.4, 0.5) is 0 Å². The zero-order valence-corrected chi connectivity index (χ0v) is 14.1. The minimum Gasteiger partial charge on any atom is -0.351 e. The van der Waals surface area contributed by atoms with Crippen LogP contribution in [0.5, 0.6) is 0 Å². The number of carbonyl (C=O) groups is 1. The fourth-order valence-electron chi connectivity index (χ4n) is 2.79. The first-order valence-corrected chi connectivity index (χ1v) is 9.34. The second kappa shape index (κ2) is 6.26. The summed E-state index contributed by atoms with van der Waals surface area (Å²) < 4.78 is 0. The zero-order chi connectivity index (χ0) is 15.6. The van der Waals surface area contributed by atoms with E-state index in [9.17, 15) is 4.79 Å². The van der Waals surface area contributed by atoms with E-state index < -0.39 is 0 Å². The summed E-state index contributed by atoms with van der Waals surface area (Å²) in [5.41, 5.74) is 1.38. The molecule has 1 N–H and O–H groups in total. The number of rotatable bonds is 5. The highest BCUT2D eigenvalue weighted by Gasteiger charge is 2.38. The van der Waals surface area contributed by atoms with Crippen LogP contribution in [0.15, 0.2) is 54.0 Å². The van der Waals surface area contributed by atoms with E-state index in [-0.39, 0.29) is 5.91 Å². The summed E-state index contributed by atoms with van der Waals surface area (Å²) in [4.78, 5) is 18.4. The lowest BCUT2D eigenvalue weighted by Gasteiger charge is -2.03. The normalized spacial score (nSPS) is 19.5. The largest absolute Gasteiger partial charge is 0.351 e. The Balaban J connectivity index is 1.33. The van der Waals surface area contributed by atoms with E-state index in [2.05, 4.69) is 34.6 Å². The first kappa shape index (κ1) is 14.6. The molecule has 2 heterocycles. The molecule has 116 valence electrons. The van der Waals surface area contributed by atoms with Crippen molar-refractivity contribution in [1.29, 1.82) is 0 Å². The Morgan fingerprint density at radius 2 is 2.09 bits per heavy atom. The third kappa shape index (κ3) is 3.21. The maximum atomic E-state index is 12.3. The number of carbonyl (C=O) groups excluding carboxylic acids is 1. The monoisotopic (exact) mass is 340 g/mol. The molecule has 1 aromatic carbocycles. The Morgan fingerprint density at radius 3 is 2.87 bits per heavy atom. The van der Waals surface area contributed by atoms with Crippen molar-refractivity contribution >= 4 is 28.6 Å². The first-order chi connectivity index (χ1) is 11.3. The number of thiazole rings is 1. The first-order valence-electron chi connectivity index (χ1n) is 7.64. The van der Waals surface area contributed by atoms with Gasteiger partial charge in [-0.2, -0.15) is 0 Å². The van der Waals surface area contributed by atoms with Crippen molar-refractivity contribution in [3.63, 3.8) is 0 Å². The second-order valence-corrected chi connectivity index (χ2v) is 7.71. The molecule has 4 rings (SSSR count). The molecule has 5 heteroatoms. The highest BCUT2D eigenvalue weighted by molar-refractivity contribution is 7.21. The van der Waals surface area contributed by atoms with Gasteiger partial charge in [-0.25, -0.2) is 4.98 Å². The van der Waals surface area contributed by atoms with Crippen LogP contribution >= 0.6 is 22.7 Å². The van der Waals surface area contributed by atoms with Gasteiger partial charge in [-0.1, -0.05) is 36.4 Å². The molecule has 0 spiro atoms. The molecule has 2 unspecified atom stereocenters. The Hall–Kier alpha value is -1.98. The van der Waals surface area contributed by atoms with Gasteiger partial charge in [0.05, 0.1) is 11.1 Å². The summed E-state index contributed by atoms with van der Waals surface area (Å²) in [6, 6.07) is 14.6. The molecule has 0 aliphatic heterocycles. The number of hydrogen-bond donors (Lipinski definition) is 1. The van der Waals surface area contributed by atoms with Crippen LogP contribution in [-0.2, 0) is 0 Å². The van der Waals surface area contributed by atoms with Crippen molar-refractivity contribution in [3.8, 4) is 9.88 Å². The van der Waals surface area contributed by atoms with E-state index in [0.29, 0.717) is 16.7 Å². The molecule has 3 aromatic rings. The van der Waals surface area contributed by atoms with Crippen molar-refractivity contribution in [1.82, 2.24) is 10.3 Å². The van der Waals surface area contributed by atoms with Crippen LogP contribution in [0, 0.1) is 5.92 Å². The molecule has 0 bridgehead atoms. The smallest absolute Gasteiger partial charge is 0.263 e. The van der Waals surface area contributed by atoms with Gasteiger partial charge in [0.2, 0.25) is 0 Å². The lowest BCUT2D eigenvalue weighted by atomic mass is 10.1. The predicted molar refractivity (Wildman–Crippen MR) is 95.1 cm³/mol. The van der Waals surface area contributed by atoms with Crippen molar-refractivity contribution in [2.75, 3.05) is 6.54 Å². The van der Waals surface area contributed by atoms with Crippen LogP contribution in [0.3, 0.4) is 0 Å². The van der Waals surface area contributed by atoms with E-state index in [0.717, 1.165) is 22.9 Å². The molecule has 1 amide bonds. The molecule has 2 atom stereocenters. The minimum atomic E-state index is -0.0102. The highest BCUT2D eigenvalue weighted by atomic mass is 32.1. The number of aromatic nitrogens is 1. The van der Waals surface area contributed by atoms with Gasteiger partial charge in [0.25, 0.3) is 5.91 Å². The number of benzene rings is 1. The van der Waals surface area contributed by atoms with E-state index in [1.54, 1.807) is 17.5 Å². The average molecular weight is 340 g/mol. The van der Waals surface area contributed by atoms with E-state index in [1.165, 1.54) is 16.9 Å². The third-order valence-electron chi connectivity index (χ3n) is 4.14. The zero-order valence-electron chi connectivity index (χ0n) is 12.4. The number of thiophene rings is 1. The van der Waals surface area contributed by atoms with Crippen molar-refractivity contribution in [2.24, 2.45) is 5.92 Å². The summed E-state index contributed by atoms with van der Waals surface area (Å²) >= 11 is 3.10. The van der Waals surface area contributed by atoms with Gasteiger partial charge in [-0.15, -0.1) is 22.7 Å². The van der Waals surface area contributed by atoms with E-state index >= 15 is 0 Å². The predicted octanol–water partition coefficient (Wildman–Crippen LogP) is 4.41. The molecular formula is C18H16N2OS2. The van der Waals surface area contributed by atoms with E-state index in [1.807, 2.05) is 23.6 Å². The molecule has 23 heavy (non-hydrogen) atoms. The van der Waals surface area contributed by atoms with Crippen LogP contribution in [0.25, 0.3) is 9.88 Å². The molecule has 1 aliphatic carbocycles. The fourth-order valence-corrected chi connectivity index (χ4v) is 4.42. The van der Waals surface area contributed by atoms with Gasteiger partial charge >= 0.3 is 0 Å². The molecule has 0 radical (unpaired) electrons. The van der Waals surface area contributed by atoms with Crippen LogP contribution in [0.1, 0.15) is 27.6 Å². The molecule has 1 saturated carbocycles. The molecule has 0 saturated heterocycles. The second-order valence-electron chi connectivity index (χ2n) is 5.73. The Labute approximate surface area is 143 Å². The number of amides is 1. The summed E-state index contributed by atoms with van der Waals surface area (Å²) in [6.45, 7) is 0.741. The highest BCUT2D eigenvalue weighted by Crippen LogP contribution is 2.46. The third-order valence-corrected chi connectivity index (χ3v) is 6.17. The van der Waals surface area contributed by atoms with Crippen LogP contribution in [-0.4, -0.2) is 17.4 Å². The summed E-state index contributed by atoms with van der Waals surface area (Å²) in [7, 11) is 0. The minimum absolute atomic E-state index is 0.0102. The quantitative estimate of drug-likeness (QED) is 0.748. The molecule has 1 fully saturated rings. The maximum absolute atomic E-state index is 12.3. The SMILES string of the molecule is O=C(NCC1CC1c1ccccc1)c1cnc(-c2cccs2)s1.